The predicted molar refractivity (Wildman–Crippen MR) is 63.8 cm³/mol. The smallest absolute Gasteiger partial charge is 0.155 e. The van der Waals surface area contributed by atoms with Crippen LogP contribution in [0.3, 0.4) is 0 Å². The maximum Gasteiger partial charge on any atom is 0.155 e. The van der Waals surface area contributed by atoms with Gasteiger partial charge in [0.05, 0.1) is 11.3 Å². The van der Waals surface area contributed by atoms with Gasteiger partial charge in [-0.2, -0.15) is 0 Å². The van der Waals surface area contributed by atoms with Crippen LogP contribution in [0.2, 0.25) is 0 Å². The maximum atomic E-state index is 13.5. The van der Waals surface area contributed by atoms with Gasteiger partial charge in [-0.3, -0.25) is 4.79 Å². The van der Waals surface area contributed by atoms with Crippen LogP contribution in [0.1, 0.15) is 23.2 Å². The number of halogens is 1. The lowest BCUT2D eigenvalue weighted by Gasteiger charge is -2.34. The maximum absolute atomic E-state index is 13.5. The molecule has 0 radical (unpaired) electrons. The molecule has 0 bridgehead atoms. The molecule has 1 atom stereocenters. The third-order valence-electron chi connectivity index (χ3n) is 3.27. The predicted octanol–water partition coefficient (Wildman–Crippen LogP) is 1.85. The van der Waals surface area contributed by atoms with Crippen molar-refractivity contribution in [2.75, 3.05) is 24.6 Å². The normalized spacial score (nSPS) is 20.4. The zero-order valence-electron chi connectivity index (χ0n) is 9.60. The molecule has 1 aliphatic heterocycles. The van der Waals surface area contributed by atoms with Gasteiger partial charge in [-0.1, -0.05) is 6.07 Å². The molecule has 0 amide bonds. The fraction of sp³-hybridized carbons (Fsp3) is 0.462. The van der Waals surface area contributed by atoms with Crippen molar-refractivity contribution in [2.45, 2.75) is 12.8 Å². The van der Waals surface area contributed by atoms with E-state index in [9.17, 15) is 9.18 Å². The fourth-order valence-electron chi connectivity index (χ4n) is 2.35. The van der Waals surface area contributed by atoms with Gasteiger partial charge in [0.1, 0.15) is 5.82 Å². The molecule has 4 heteroatoms. The number of aliphatic hydroxyl groups is 1. The molecule has 1 aliphatic rings. The Hall–Kier alpha value is -1.42. The minimum absolute atomic E-state index is 0.117. The quantitative estimate of drug-likeness (QED) is 0.816. The first-order chi connectivity index (χ1) is 8.26. The number of rotatable bonds is 3. The first-order valence-corrected chi connectivity index (χ1v) is 5.85. The minimum atomic E-state index is -0.483. The molecular weight excluding hydrogens is 221 g/mol. The van der Waals surface area contributed by atoms with Gasteiger partial charge in [0.2, 0.25) is 0 Å². The Balaban J connectivity index is 2.27. The standard InChI is InChI=1S/C13H16FNO2/c14-12-4-1-5-13(11(12)9-17)15-6-2-3-10(7-15)8-16/h1,4-5,9-10,16H,2-3,6-8H2. The van der Waals surface area contributed by atoms with Crippen molar-refractivity contribution in [3.8, 4) is 0 Å². The SMILES string of the molecule is O=Cc1c(F)cccc1N1CCCC(CO)C1. The van der Waals surface area contributed by atoms with Crippen molar-refractivity contribution in [1.82, 2.24) is 0 Å². The molecule has 0 spiro atoms. The Bertz CT molecular complexity index is 408. The van der Waals surface area contributed by atoms with Gasteiger partial charge in [0, 0.05) is 19.7 Å². The highest BCUT2D eigenvalue weighted by molar-refractivity contribution is 5.85. The summed E-state index contributed by atoms with van der Waals surface area (Å²) in [6, 6.07) is 4.66. The Morgan fingerprint density at radius 3 is 3.06 bits per heavy atom. The summed E-state index contributed by atoms with van der Waals surface area (Å²) < 4.78 is 13.5. The lowest BCUT2D eigenvalue weighted by molar-refractivity contribution is 0.112. The van der Waals surface area contributed by atoms with Crippen LogP contribution in [0.4, 0.5) is 10.1 Å². The van der Waals surface area contributed by atoms with Crippen LogP contribution >= 0.6 is 0 Å². The first kappa shape index (κ1) is 12.0. The summed E-state index contributed by atoms with van der Waals surface area (Å²) in [5.41, 5.74) is 0.754. The largest absolute Gasteiger partial charge is 0.396 e. The van der Waals surface area contributed by atoms with E-state index in [0.717, 1.165) is 19.4 Å². The third-order valence-corrected chi connectivity index (χ3v) is 3.27. The van der Waals surface area contributed by atoms with Crippen LogP contribution in [0, 0.1) is 11.7 Å². The number of carbonyl (C=O) groups excluding carboxylic acids is 1. The lowest BCUT2D eigenvalue weighted by Crippen LogP contribution is -2.37. The molecule has 1 saturated heterocycles. The molecule has 1 unspecified atom stereocenters. The molecule has 1 aromatic carbocycles. The highest BCUT2D eigenvalue weighted by Gasteiger charge is 2.22. The van der Waals surface area contributed by atoms with E-state index in [4.69, 9.17) is 5.11 Å². The number of carbonyl (C=O) groups is 1. The molecule has 3 nitrogen and oxygen atoms in total. The van der Waals surface area contributed by atoms with E-state index >= 15 is 0 Å². The Kier molecular flexibility index (Phi) is 3.74. The number of benzene rings is 1. The van der Waals surface area contributed by atoms with E-state index in [0.29, 0.717) is 18.5 Å². The van der Waals surface area contributed by atoms with Crippen molar-refractivity contribution in [2.24, 2.45) is 5.92 Å². The molecule has 2 rings (SSSR count). The monoisotopic (exact) mass is 237 g/mol. The Labute approximate surface area is 99.9 Å². The summed E-state index contributed by atoms with van der Waals surface area (Å²) >= 11 is 0. The van der Waals surface area contributed by atoms with Crippen LogP contribution in [0.25, 0.3) is 0 Å². The lowest BCUT2D eigenvalue weighted by atomic mass is 9.98. The number of aldehydes is 1. The zero-order valence-corrected chi connectivity index (χ0v) is 9.60. The average molecular weight is 237 g/mol. The molecule has 0 aliphatic carbocycles. The van der Waals surface area contributed by atoms with Gasteiger partial charge in [0.15, 0.2) is 6.29 Å². The van der Waals surface area contributed by atoms with E-state index in [-0.39, 0.29) is 18.1 Å². The van der Waals surface area contributed by atoms with E-state index in [1.165, 1.54) is 6.07 Å². The van der Waals surface area contributed by atoms with Crippen LogP contribution < -0.4 is 4.90 Å². The number of anilines is 1. The second-order valence-corrected chi connectivity index (χ2v) is 4.43. The highest BCUT2D eigenvalue weighted by Crippen LogP contribution is 2.26. The number of nitrogens with zero attached hydrogens (tertiary/aromatic N) is 1. The molecule has 1 fully saturated rings. The molecule has 0 saturated carbocycles. The van der Waals surface area contributed by atoms with Crippen LogP contribution in [-0.2, 0) is 0 Å². The van der Waals surface area contributed by atoms with Crippen molar-refractivity contribution in [3.05, 3.63) is 29.6 Å². The fourth-order valence-corrected chi connectivity index (χ4v) is 2.35. The number of hydrogen-bond acceptors (Lipinski definition) is 3. The molecule has 92 valence electrons. The van der Waals surface area contributed by atoms with Gasteiger partial charge < -0.3 is 10.0 Å². The Morgan fingerprint density at radius 2 is 2.35 bits per heavy atom. The molecular formula is C13H16FNO2. The second kappa shape index (κ2) is 5.27. The molecule has 1 N–H and O–H groups in total. The minimum Gasteiger partial charge on any atom is -0.396 e. The van der Waals surface area contributed by atoms with Gasteiger partial charge >= 0.3 is 0 Å². The summed E-state index contributed by atoms with van der Waals surface area (Å²) in [5.74, 6) is -0.268. The van der Waals surface area contributed by atoms with Gasteiger partial charge in [-0.15, -0.1) is 0 Å². The zero-order chi connectivity index (χ0) is 12.3. The topological polar surface area (TPSA) is 40.5 Å². The van der Waals surface area contributed by atoms with Crippen LogP contribution in [-0.4, -0.2) is 31.1 Å². The first-order valence-electron chi connectivity index (χ1n) is 5.85. The molecule has 1 heterocycles. The van der Waals surface area contributed by atoms with Gasteiger partial charge in [0.25, 0.3) is 0 Å². The number of aliphatic hydroxyl groups excluding tert-OH is 1. The average Bonchev–Trinajstić information content (AvgIpc) is 2.38. The molecule has 0 aromatic heterocycles. The van der Waals surface area contributed by atoms with Gasteiger partial charge in [-0.25, -0.2) is 4.39 Å². The van der Waals surface area contributed by atoms with E-state index < -0.39 is 5.82 Å². The number of hydrogen-bond donors (Lipinski definition) is 1. The van der Waals surface area contributed by atoms with Crippen LogP contribution in [0.15, 0.2) is 18.2 Å². The van der Waals surface area contributed by atoms with Crippen molar-refractivity contribution < 1.29 is 14.3 Å². The Morgan fingerprint density at radius 1 is 1.53 bits per heavy atom. The third kappa shape index (κ3) is 2.47. The van der Waals surface area contributed by atoms with Gasteiger partial charge in [-0.05, 0) is 30.9 Å². The summed E-state index contributed by atoms with van der Waals surface area (Å²) in [7, 11) is 0. The summed E-state index contributed by atoms with van der Waals surface area (Å²) in [6.07, 6.45) is 2.51. The van der Waals surface area contributed by atoms with E-state index in [2.05, 4.69) is 0 Å². The molecule has 1 aromatic rings. The van der Waals surface area contributed by atoms with E-state index in [1.807, 2.05) is 4.90 Å². The second-order valence-electron chi connectivity index (χ2n) is 4.43. The van der Waals surface area contributed by atoms with E-state index in [1.54, 1.807) is 12.1 Å². The molecule has 17 heavy (non-hydrogen) atoms. The number of piperidine rings is 1. The van der Waals surface area contributed by atoms with Crippen molar-refractivity contribution in [3.63, 3.8) is 0 Å². The van der Waals surface area contributed by atoms with Crippen LogP contribution in [0.5, 0.6) is 0 Å². The summed E-state index contributed by atoms with van der Waals surface area (Å²) in [4.78, 5) is 12.9. The summed E-state index contributed by atoms with van der Waals surface area (Å²) in [6.45, 7) is 1.63. The van der Waals surface area contributed by atoms with Crippen molar-refractivity contribution in [1.29, 1.82) is 0 Å². The highest BCUT2D eigenvalue weighted by atomic mass is 19.1. The summed E-state index contributed by atoms with van der Waals surface area (Å²) in [5, 5.41) is 9.17. The van der Waals surface area contributed by atoms with Crippen molar-refractivity contribution >= 4 is 12.0 Å².